The summed E-state index contributed by atoms with van der Waals surface area (Å²) < 4.78 is 22.0. The molecule has 9 nitrogen and oxygen atoms in total. The molecule has 0 aliphatic carbocycles. The highest BCUT2D eigenvalue weighted by Gasteiger charge is 2.33. The lowest BCUT2D eigenvalue weighted by molar-refractivity contribution is 0.0549. The van der Waals surface area contributed by atoms with Crippen LogP contribution in [0.4, 0.5) is 0 Å². The van der Waals surface area contributed by atoms with Crippen LogP contribution in [-0.2, 0) is 9.47 Å². The van der Waals surface area contributed by atoms with E-state index in [2.05, 4.69) is 21.0 Å². The molecule has 1 aromatic heterocycles. The normalized spacial score (nSPS) is 10.5. The molecule has 0 spiro atoms. The minimum Gasteiger partial charge on any atom is -0.504 e. The van der Waals surface area contributed by atoms with Crippen molar-refractivity contribution in [3.05, 3.63) is 52.1 Å². The van der Waals surface area contributed by atoms with E-state index in [-0.39, 0.29) is 39.8 Å². The molecule has 0 saturated carbocycles. The third-order valence-electron chi connectivity index (χ3n) is 4.48. The Labute approximate surface area is 186 Å². The van der Waals surface area contributed by atoms with Crippen LogP contribution in [0.3, 0.4) is 0 Å². The Bertz CT molecular complexity index is 1140. The zero-order valence-corrected chi connectivity index (χ0v) is 18.7. The number of aromatic hydroxyl groups is 1. The molecule has 0 saturated heterocycles. The van der Waals surface area contributed by atoms with Crippen molar-refractivity contribution >= 4 is 27.9 Å². The second-order valence-electron chi connectivity index (χ2n) is 6.12. The fraction of sp³-hybridized carbons (Fsp3) is 0.190. The largest absolute Gasteiger partial charge is 0.504 e. The summed E-state index contributed by atoms with van der Waals surface area (Å²) in [7, 11) is 5.14. The molecule has 0 bridgehead atoms. The zero-order chi connectivity index (χ0) is 22.7. The molecule has 0 radical (unpaired) electrons. The standard InChI is InChI=1S/C21H19BrN2O7/c1-28-18-13(22)10-12(17(25)19(18)29-2)15-14(20(26)30-3)16(21(27)31-4)24(23-15)11-8-6-5-7-9-11/h5-10,25H,1-4H3. The lowest BCUT2D eigenvalue weighted by Crippen LogP contribution is -2.15. The Morgan fingerprint density at radius 3 is 2.13 bits per heavy atom. The molecule has 10 heteroatoms. The Kier molecular flexibility index (Phi) is 6.50. The molecule has 0 aliphatic rings. The first-order chi connectivity index (χ1) is 14.9. The van der Waals surface area contributed by atoms with E-state index in [9.17, 15) is 14.7 Å². The van der Waals surface area contributed by atoms with Gasteiger partial charge in [-0.3, -0.25) is 0 Å². The summed E-state index contributed by atoms with van der Waals surface area (Å²) in [5.41, 5.74) is 0.284. The Balaban J connectivity index is 2.44. The summed E-state index contributed by atoms with van der Waals surface area (Å²) in [5, 5.41) is 15.3. The number of aromatic nitrogens is 2. The lowest BCUT2D eigenvalue weighted by Gasteiger charge is -2.14. The minimum atomic E-state index is -0.831. The van der Waals surface area contributed by atoms with Gasteiger partial charge in [0, 0.05) is 0 Å². The molecule has 3 rings (SSSR count). The van der Waals surface area contributed by atoms with E-state index in [1.54, 1.807) is 30.3 Å². The van der Waals surface area contributed by atoms with E-state index in [1.165, 1.54) is 39.2 Å². The van der Waals surface area contributed by atoms with Crippen molar-refractivity contribution in [2.24, 2.45) is 0 Å². The Morgan fingerprint density at radius 2 is 1.58 bits per heavy atom. The second kappa shape index (κ2) is 9.09. The molecule has 2 aromatic carbocycles. The van der Waals surface area contributed by atoms with Crippen molar-refractivity contribution in [3.8, 4) is 34.2 Å². The van der Waals surface area contributed by atoms with Gasteiger partial charge in [-0.15, -0.1) is 0 Å². The number of halogens is 1. The molecular weight excluding hydrogens is 472 g/mol. The average Bonchev–Trinajstić information content (AvgIpc) is 3.19. The molecule has 0 aliphatic heterocycles. The molecule has 0 amide bonds. The first-order valence-electron chi connectivity index (χ1n) is 8.88. The fourth-order valence-electron chi connectivity index (χ4n) is 3.10. The quantitative estimate of drug-likeness (QED) is 0.522. The van der Waals surface area contributed by atoms with E-state index in [4.69, 9.17) is 18.9 Å². The highest BCUT2D eigenvalue weighted by molar-refractivity contribution is 9.10. The maximum Gasteiger partial charge on any atom is 0.357 e. The van der Waals surface area contributed by atoms with Crippen molar-refractivity contribution in [2.45, 2.75) is 0 Å². The summed E-state index contributed by atoms with van der Waals surface area (Å²) in [4.78, 5) is 25.4. The summed E-state index contributed by atoms with van der Waals surface area (Å²) in [6, 6.07) is 10.2. The summed E-state index contributed by atoms with van der Waals surface area (Å²) in [5.74, 6) is -1.69. The lowest BCUT2D eigenvalue weighted by atomic mass is 10.0. The van der Waals surface area contributed by atoms with Crippen LogP contribution >= 0.6 is 15.9 Å². The van der Waals surface area contributed by atoms with Crippen molar-refractivity contribution in [3.63, 3.8) is 0 Å². The topological polar surface area (TPSA) is 109 Å². The number of phenols is 1. The number of carbonyl (C=O) groups is 2. The third-order valence-corrected chi connectivity index (χ3v) is 5.07. The van der Waals surface area contributed by atoms with Gasteiger partial charge < -0.3 is 24.1 Å². The van der Waals surface area contributed by atoms with Gasteiger partial charge in [-0.05, 0) is 34.1 Å². The number of phenolic OH excluding ortho intramolecular Hbond substituents is 1. The average molecular weight is 491 g/mol. The van der Waals surface area contributed by atoms with E-state index >= 15 is 0 Å². The smallest absolute Gasteiger partial charge is 0.357 e. The monoisotopic (exact) mass is 490 g/mol. The molecule has 3 aromatic rings. The maximum atomic E-state index is 12.7. The van der Waals surface area contributed by atoms with Crippen molar-refractivity contribution in [1.29, 1.82) is 0 Å². The highest BCUT2D eigenvalue weighted by atomic mass is 79.9. The molecule has 162 valence electrons. The Morgan fingerprint density at radius 1 is 0.968 bits per heavy atom. The van der Waals surface area contributed by atoms with Crippen LogP contribution in [0.25, 0.3) is 16.9 Å². The molecule has 1 heterocycles. The second-order valence-corrected chi connectivity index (χ2v) is 6.98. The number of methoxy groups -OCH3 is 4. The van der Waals surface area contributed by atoms with Crippen LogP contribution in [0.5, 0.6) is 17.2 Å². The van der Waals surface area contributed by atoms with Crippen LogP contribution in [0.15, 0.2) is 40.9 Å². The van der Waals surface area contributed by atoms with E-state index < -0.39 is 11.9 Å². The van der Waals surface area contributed by atoms with Gasteiger partial charge in [-0.25, -0.2) is 14.3 Å². The summed E-state index contributed by atoms with van der Waals surface area (Å²) in [6.45, 7) is 0. The van der Waals surface area contributed by atoms with Crippen molar-refractivity contribution in [1.82, 2.24) is 9.78 Å². The maximum absolute atomic E-state index is 12.7. The van der Waals surface area contributed by atoms with Crippen LogP contribution in [0, 0.1) is 0 Å². The predicted octanol–water partition coefficient (Wildman–Crippen LogP) is 3.60. The van der Waals surface area contributed by atoms with Gasteiger partial charge in [0.15, 0.2) is 17.2 Å². The number of hydrogen-bond acceptors (Lipinski definition) is 8. The van der Waals surface area contributed by atoms with Gasteiger partial charge in [0.05, 0.1) is 44.2 Å². The number of carbonyl (C=O) groups excluding carboxylic acids is 2. The molecule has 0 fully saturated rings. The van der Waals surface area contributed by atoms with Crippen LogP contribution in [0.1, 0.15) is 20.8 Å². The highest BCUT2D eigenvalue weighted by Crippen LogP contribution is 2.48. The molecular formula is C21H19BrN2O7. The first kappa shape index (κ1) is 22.2. The molecule has 0 atom stereocenters. The van der Waals surface area contributed by atoms with Gasteiger partial charge in [0.25, 0.3) is 0 Å². The molecule has 31 heavy (non-hydrogen) atoms. The number of hydrogen-bond donors (Lipinski definition) is 1. The predicted molar refractivity (Wildman–Crippen MR) is 114 cm³/mol. The molecule has 1 N–H and O–H groups in total. The number of para-hydroxylation sites is 1. The minimum absolute atomic E-state index is 0.00439. The van der Waals surface area contributed by atoms with Crippen molar-refractivity contribution < 1.29 is 33.6 Å². The summed E-state index contributed by atoms with van der Waals surface area (Å²) >= 11 is 3.36. The zero-order valence-electron chi connectivity index (χ0n) is 17.1. The van der Waals surface area contributed by atoms with E-state index in [1.807, 2.05) is 0 Å². The first-order valence-corrected chi connectivity index (χ1v) is 9.67. The van der Waals surface area contributed by atoms with E-state index in [0.717, 1.165) is 0 Å². The van der Waals surface area contributed by atoms with Crippen LogP contribution < -0.4 is 9.47 Å². The third kappa shape index (κ3) is 3.81. The van der Waals surface area contributed by atoms with Gasteiger partial charge in [0.1, 0.15) is 11.3 Å². The van der Waals surface area contributed by atoms with Gasteiger partial charge >= 0.3 is 11.9 Å². The Hall–Kier alpha value is -3.53. The van der Waals surface area contributed by atoms with E-state index in [0.29, 0.717) is 10.2 Å². The molecule has 0 unspecified atom stereocenters. The van der Waals surface area contributed by atoms with Gasteiger partial charge in [-0.1, -0.05) is 18.2 Å². The number of ether oxygens (including phenoxy) is 4. The van der Waals surface area contributed by atoms with Crippen molar-refractivity contribution in [2.75, 3.05) is 28.4 Å². The number of rotatable bonds is 6. The van der Waals surface area contributed by atoms with Crippen LogP contribution in [0.2, 0.25) is 0 Å². The summed E-state index contributed by atoms with van der Waals surface area (Å²) in [6.07, 6.45) is 0. The number of esters is 2. The SMILES string of the molecule is COC(=O)c1c(-c2cc(Br)c(OC)c(OC)c2O)nn(-c2ccccc2)c1C(=O)OC. The van der Waals surface area contributed by atoms with Gasteiger partial charge in [0.2, 0.25) is 5.75 Å². The van der Waals surface area contributed by atoms with Crippen LogP contribution in [-0.4, -0.2) is 55.3 Å². The number of nitrogens with zero attached hydrogens (tertiary/aromatic N) is 2. The van der Waals surface area contributed by atoms with Gasteiger partial charge in [-0.2, -0.15) is 5.10 Å². The fourth-order valence-corrected chi connectivity index (χ4v) is 3.67. The number of benzene rings is 2.